The fourth-order valence-electron chi connectivity index (χ4n) is 12.2. The van der Waals surface area contributed by atoms with Crippen LogP contribution in [0.3, 0.4) is 0 Å². The SMILES string of the molecule is CN[C@@H](C)C(=O)N[C@H](C(=O)N1C[C@H](F)C[C@H]1CN(CCc1ccccc1)C(=O)c1ccc(-c2ccc(C(=O)N(CCc3ccccc3)C[C@@H]3C[C@@H](F)CN3C(=O)[C@@H](NC(=O)C(C)C)C3CCCCC3)cc2)cc1)C1CCCCC1. The molecule has 2 heterocycles. The van der Waals surface area contributed by atoms with Gasteiger partial charge in [0.15, 0.2) is 0 Å². The van der Waals surface area contributed by atoms with Gasteiger partial charge in [0.05, 0.1) is 31.2 Å². The van der Waals surface area contributed by atoms with Gasteiger partial charge in [-0.25, -0.2) is 8.78 Å². The summed E-state index contributed by atoms with van der Waals surface area (Å²) < 4.78 is 31.1. The second kappa shape index (κ2) is 28.1. The zero-order valence-corrected chi connectivity index (χ0v) is 46.8. The van der Waals surface area contributed by atoms with Crippen LogP contribution >= 0.6 is 0 Å². The van der Waals surface area contributed by atoms with Gasteiger partial charge in [0.1, 0.15) is 24.4 Å². The molecule has 0 spiro atoms. The van der Waals surface area contributed by atoms with Crippen LogP contribution in [0, 0.1) is 17.8 Å². The van der Waals surface area contributed by atoms with Crippen molar-refractivity contribution >= 4 is 35.4 Å². The molecule has 4 fully saturated rings. The Morgan fingerprint density at radius 2 is 0.911 bits per heavy atom. The number of nitrogens with one attached hydrogen (secondary N) is 3. The van der Waals surface area contributed by atoms with E-state index in [2.05, 4.69) is 16.0 Å². The highest BCUT2D eigenvalue weighted by atomic mass is 19.1. The van der Waals surface area contributed by atoms with E-state index >= 15 is 8.78 Å². The van der Waals surface area contributed by atoms with Crippen LogP contribution in [0.15, 0.2) is 109 Å². The number of nitrogens with zero attached hydrogens (tertiary/aromatic N) is 4. The van der Waals surface area contributed by atoms with E-state index in [-0.39, 0.29) is 92.2 Å². The molecule has 0 bridgehead atoms. The smallest absolute Gasteiger partial charge is 0.253 e. The third-order valence-electron chi connectivity index (χ3n) is 17.1. The third-order valence-corrected chi connectivity index (χ3v) is 17.1. The first-order valence-corrected chi connectivity index (χ1v) is 29.2. The standard InChI is InChI=1S/C64H83F2N7O6/c1-43(2)59(74)68-57(49-21-13-7-14-22-49)63(78)72-39-53(65)37-55(72)41-70(35-33-45-17-9-5-10-18-45)61(76)51-29-25-47(26-30-51)48-27-31-52(32-28-48)62(77)71(36-34-46-19-11-6-12-20-46)42-56-38-54(66)40-73(56)64(79)58(50-23-15-8-16-24-50)69-60(75)44(3)67-4/h5-6,9-12,17-20,25-32,43-44,49-50,53-58,67H,7-8,13-16,21-24,33-42H2,1-4H3,(H,68,74)(H,69,75)/t44-,53+,54+,55-,56-,57-,58-/m0/s1. The first-order valence-electron chi connectivity index (χ1n) is 29.2. The van der Waals surface area contributed by atoms with Crippen molar-refractivity contribution in [2.24, 2.45) is 17.8 Å². The van der Waals surface area contributed by atoms with Gasteiger partial charge in [-0.1, -0.05) is 137 Å². The Labute approximate surface area is 466 Å². The molecule has 2 saturated carbocycles. The van der Waals surface area contributed by atoms with Crippen molar-refractivity contribution in [3.63, 3.8) is 0 Å². The molecule has 8 rings (SSSR count). The van der Waals surface area contributed by atoms with Crippen LogP contribution < -0.4 is 16.0 Å². The molecule has 0 aromatic heterocycles. The van der Waals surface area contributed by atoms with Gasteiger partial charge in [0.25, 0.3) is 11.8 Å². The summed E-state index contributed by atoms with van der Waals surface area (Å²) in [7, 11) is 1.69. The lowest BCUT2D eigenvalue weighted by atomic mass is 9.83. The van der Waals surface area contributed by atoms with E-state index in [0.717, 1.165) is 86.5 Å². The largest absolute Gasteiger partial charge is 0.344 e. The zero-order chi connectivity index (χ0) is 56.0. The van der Waals surface area contributed by atoms with Gasteiger partial charge < -0.3 is 35.6 Å². The number of likely N-dealkylation sites (tertiary alicyclic amines) is 2. The minimum absolute atomic E-state index is 0.0353. The minimum Gasteiger partial charge on any atom is -0.344 e. The number of likely N-dealkylation sites (N-methyl/N-ethyl adjacent to an activating group) is 1. The highest BCUT2D eigenvalue weighted by molar-refractivity contribution is 5.96. The maximum atomic E-state index is 15.6. The highest BCUT2D eigenvalue weighted by Crippen LogP contribution is 2.33. The molecule has 0 radical (unpaired) electrons. The summed E-state index contributed by atoms with van der Waals surface area (Å²) >= 11 is 0. The van der Waals surface area contributed by atoms with E-state index in [9.17, 15) is 28.8 Å². The maximum Gasteiger partial charge on any atom is 0.253 e. The monoisotopic (exact) mass is 1080 g/mol. The second-order valence-electron chi connectivity index (χ2n) is 23.0. The van der Waals surface area contributed by atoms with Crippen LogP contribution in [0.1, 0.15) is 130 Å². The Balaban J connectivity index is 0.985. The van der Waals surface area contributed by atoms with Gasteiger partial charge in [0.2, 0.25) is 23.6 Å². The number of amides is 6. The number of halogens is 2. The van der Waals surface area contributed by atoms with Crippen LogP contribution in [-0.4, -0.2) is 144 Å². The van der Waals surface area contributed by atoms with Crippen LogP contribution in [0.25, 0.3) is 11.1 Å². The fourth-order valence-corrected chi connectivity index (χ4v) is 12.2. The molecule has 13 nitrogen and oxygen atoms in total. The van der Waals surface area contributed by atoms with E-state index in [1.54, 1.807) is 71.7 Å². The molecule has 79 heavy (non-hydrogen) atoms. The van der Waals surface area contributed by atoms with Crippen molar-refractivity contribution in [3.8, 4) is 11.1 Å². The Morgan fingerprint density at radius 1 is 0.532 bits per heavy atom. The predicted molar refractivity (Wildman–Crippen MR) is 304 cm³/mol. The van der Waals surface area contributed by atoms with Crippen molar-refractivity contribution in [2.45, 2.75) is 153 Å². The van der Waals surface area contributed by atoms with Gasteiger partial charge in [0, 0.05) is 56.1 Å². The summed E-state index contributed by atoms with van der Waals surface area (Å²) in [6.07, 6.45) is 7.97. The molecule has 2 saturated heterocycles. The number of benzene rings is 4. The summed E-state index contributed by atoms with van der Waals surface area (Å²) in [6.45, 7) is 6.08. The predicted octanol–water partition coefficient (Wildman–Crippen LogP) is 9.00. The maximum absolute atomic E-state index is 15.6. The Hall–Kier alpha value is -6.48. The van der Waals surface area contributed by atoms with Crippen molar-refractivity contribution < 1.29 is 37.5 Å². The molecule has 4 aromatic carbocycles. The van der Waals surface area contributed by atoms with E-state index in [1.807, 2.05) is 84.9 Å². The average Bonchev–Trinajstić information content (AvgIpc) is 4.14. The number of hydrogen-bond donors (Lipinski definition) is 3. The summed E-state index contributed by atoms with van der Waals surface area (Å²) in [5, 5.41) is 9.03. The summed E-state index contributed by atoms with van der Waals surface area (Å²) in [5.74, 6) is -1.96. The van der Waals surface area contributed by atoms with Gasteiger partial charge >= 0.3 is 0 Å². The van der Waals surface area contributed by atoms with Crippen LogP contribution in [0.5, 0.6) is 0 Å². The van der Waals surface area contributed by atoms with E-state index < -0.39 is 42.6 Å². The number of carbonyl (C=O) groups excluding carboxylic acids is 6. The first-order chi connectivity index (χ1) is 38.2. The molecule has 2 aliphatic carbocycles. The number of rotatable bonds is 22. The summed E-state index contributed by atoms with van der Waals surface area (Å²) in [4.78, 5) is 91.3. The first kappa shape index (κ1) is 58.7. The highest BCUT2D eigenvalue weighted by Gasteiger charge is 2.44. The quantitative estimate of drug-likeness (QED) is 0.0711. The van der Waals surface area contributed by atoms with E-state index in [1.165, 1.54) is 0 Å². The van der Waals surface area contributed by atoms with E-state index in [0.29, 0.717) is 37.1 Å². The molecular weight excluding hydrogens is 1000 g/mol. The molecule has 0 unspecified atom stereocenters. The lowest BCUT2D eigenvalue weighted by Crippen LogP contribution is -2.57. The number of alkyl halides is 2. The molecule has 3 N–H and O–H groups in total. The molecule has 424 valence electrons. The van der Waals surface area contributed by atoms with Gasteiger partial charge in [-0.15, -0.1) is 0 Å². The van der Waals surface area contributed by atoms with Crippen LogP contribution in [0.4, 0.5) is 8.78 Å². The Kier molecular flexibility index (Phi) is 20.9. The lowest BCUT2D eigenvalue weighted by Gasteiger charge is -2.36. The second-order valence-corrected chi connectivity index (χ2v) is 23.0. The molecule has 6 amide bonds. The van der Waals surface area contributed by atoms with Crippen LogP contribution in [0.2, 0.25) is 0 Å². The normalized spacial score (nSPS) is 21.1. The van der Waals surface area contributed by atoms with E-state index in [4.69, 9.17) is 0 Å². The molecule has 7 atom stereocenters. The molecular formula is C64H83F2N7O6. The van der Waals surface area contributed by atoms with Gasteiger partial charge in [-0.05, 0) is 111 Å². The topological polar surface area (TPSA) is 151 Å². The Morgan fingerprint density at radius 3 is 1.28 bits per heavy atom. The molecule has 4 aliphatic rings. The third kappa shape index (κ3) is 15.5. The molecule has 4 aromatic rings. The lowest BCUT2D eigenvalue weighted by molar-refractivity contribution is -0.140. The van der Waals surface area contributed by atoms with Crippen molar-refractivity contribution in [3.05, 3.63) is 131 Å². The fraction of sp³-hybridized carbons (Fsp3) is 0.531. The average molecular weight is 1080 g/mol. The summed E-state index contributed by atoms with van der Waals surface area (Å²) in [6, 6.07) is 31.0. The summed E-state index contributed by atoms with van der Waals surface area (Å²) in [5.41, 5.74) is 4.57. The zero-order valence-electron chi connectivity index (χ0n) is 46.8. The minimum atomic E-state index is -1.27. The van der Waals surface area contributed by atoms with Crippen LogP contribution in [-0.2, 0) is 32.0 Å². The van der Waals surface area contributed by atoms with Crippen molar-refractivity contribution in [2.75, 3.05) is 46.3 Å². The molecule has 2 aliphatic heterocycles. The van der Waals surface area contributed by atoms with Gasteiger partial charge in [-0.3, -0.25) is 28.8 Å². The molecule has 15 heteroatoms. The number of hydrogen-bond acceptors (Lipinski definition) is 7. The Bertz CT molecular complexity index is 2650. The van der Waals surface area contributed by atoms with Crippen molar-refractivity contribution in [1.82, 2.24) is 35.6 Å². The van der Waals surface area contributed by atoms with Gasteiger partial charge in [-0.2, -0.15) is 0 Å². The van der Waals surface area contributed by atoms with Crippen molar-refractivity contribution in [1.29, 1.82) is 0 Å². The number of carbonyl (C=O) groups is 6.